The van der Waals surface area contributed by atoms with Crippen LogP contribution >= 0.6 is 0 Å². The van der Waals surface area contributed by atoms with Crippen LogP contribution in [0.4, 0.5) is 15.8 Å². The van der Waals surface area contributed by atoms with Crippen LogP contribution in [0.25, 0.3) is 6.08 Å². The fourth-order valence-electron chi connectivity index (χ4n) is 2.45. The smallest absolute Gasteiger partial charge is 0.331 e. The van der Waals surface area contributed by atoms with Gasteiger partial charge in [-0.1, -0.05) is 24.3 Å². The van der Waals surface area contributed by atoms with Gasteiger partial charge in [-0.15, -0.1) is 0 Å². The lowest BCUT2D eigenvalue weighted by atomic mass is 10.2. The van der Waals surface area contributed by atoms with E-state index in [1.165, 1.54) is 35.2 Å². The van der Waals surface area contributed by atoms with Crippen LogP contribution in [0, 0.1) is 5.82 Å². The second kappa shape index (κ2) is 7.60. The van der Waals surface area contributed by atoms with E-state index in [9.17, 15) is 18.8 Å². The fourth-order valence-corrected chi connectivity index (χ4v) is 2.45. The lowest BCUT2D eigenvalue weighted by Crippen LogP contribution is -2.43. The zero-order valence-corrected chi connectivity index (χ0v) is 13.6. The normalized spacial score (nSPS) is 13.3. The molecule has 2 amide bonds. The molecule has 0 fully saturated rings. The topological polar surface area (TPSA) is 75.7 Å². The van der Waals surface area contributed by atoms with Crippen molar-refractivity contribution in [2.45, 2.75) is 0 Å². The van der Waals surface area contributed by atoms with Crippen molar-refractivity contribution in [3.63, 3.8) is 0 Å². The first kappa shape index (κ1) is 17.3. The first-order valence-electron chi connectivity index (χ1n) is 7.82. The van der Waals surface area contributed by atoms with Gasteiger partial charge in [-0.25, -0.2) is 9.18 Å². The van der Waals surface area contributed by atoms with Gasteiger partial charge >= 0.3 is 5.97 Å². The molecule has 6 nitrogen and oxygen atoms in total. The molecule has 1 heterocycles. The molecular weight excluding hydrogens is 339 g/mol. The molecule has 0 aromatic heterocycles. The third-order valence-electron chi connectivity index (χ3n) is 3.69. The average Bonchev–Trinajstić information content (AvgIpc) is 2.65. The maximum absolute atomic E-state index is 12.8. The summed E-state index contributed by atoms with van der Waals surface area (Å²) in [6.45, 7) is -0.632. The van der Waals surface area contributed by atoms with Gasteiger partial charge in [-0.05, 0) is 35.9 Å². The summed E-state index contributed by atoms with van der Waals surface area (Å²) < 4.78 is 17.7. The quantitative estimate of drug-likeness (QED) is 0.676. The molecule has 2 aromatic rings. The van der Waals surface area contributed by atoms with Gasteiger partial charge in [0.1, 0.15) is 12.4 Å². The molecule has 0 spiro atoms. The molecule has 132 valence electrons. The molecule has 0 saturated heterocycles. The Morgan fingerprint density at radius 2 is 1.88 bits per heavy atom. The van der Waals surface area contributed by atoms with Gasteiger partial charge in [0, 0.05) is 6.08 Å². The number of nitrogens with one attached hydrogen (secondary N) is 1. The third-order valence-corrected chi connectivity index (χ3v) is 3.69. The molecule has 26 heavy (non-hydrogen) atoms. The number of rotatable bonds is 4. The summed E-state index contributed by atoms with van der Waals surface area (Å²) >= 11 is 0. The van der Waals surface area contributed by atoms with Crippen molar-refractivity contribution in [3.05, 3.63) is 66.0 Å². The lowest BCUT2D eigenvalue weighted by molar-refractivity contribution is -0.143. The molecule has 1 N–H and O–H groups in total. The number of benzene rings is 2. The minimum Gasteiger partial charge on any atom is -0.452 e. The van der Waals surface area contributed by atoms with Gasteiger partial charge in [-0.3, -0.25) is 14.5 Å². The van der Waals surface area contributed by atoms with Crippen molar-refractivity contribution >= 4 is 35.2 Å². The third kappa shape index (κ3) is 4.13. The molecule has 3 rings (SSSR count). The van der Waals surface area contributed by atoms with Crippen LogP contribution in [0.1, 0.15) is 5.56 Å². The van der Waals surface area contributed by atoms with E-state index in [-0.39, 0.29) is 18.3 Å². The Morgan fingerprint density at radius 3 is 2.65 bits per heavy atom. The molecule has 2 aromatic carbocycles. The minimum atomic E-state index is -0.711. The molecule has 1 aliphatic heterocycles. The second-order valence-corrected chi connectivity index (χ2v) is 5.54. The van der Waals surface area contributed by atoms with Crippen LogP contribution in [0.3, 0.4) is 0 Å². The Morgan fingerprint density at radius 1 is 1.15 bits per heavy atom. The van der Waals surface area contributed by atoms with E-state index >= 15 is 0 Å². The largest absolute Gasteiger partial charge is 0.452 e. The number of nitrogens with zero attached hydrogens (tertiary/aromatic N) is 1. The molecule has 7 heteroatoms. The number of hydrogen-bond donors (Lipinski definition) is 1. The number of amides is 2. The van der Waals surface area contributed by atoms with Gasteiger partial charge < -0.3 is 10.1 Å². The molecule has 0 atom stereocenters. The summed E-state index contributed by atoms with van der Waals surface area (Å²) in [7, 11) is 0. The van der Waals surface area contributed by atoms with Crippen LogP contribution in [0.2, 0.25) is 0 Å². The van der Waals surface area contributed by atoms with E-state index in [1.807, 2.05) is 0 Å². The number of hydrogen-bond acceptors (Lipinski definition) is 4. The first-order chi connectivity index (χ1) is 12.5. The number of para-hydroxylation sites is 2. The maximum atomic E-state index is 12.8. The van der Waals surface area contributed by atoms with Crippen molar-refractivity contribution in [2.75, 3.05) is 23.4 Å². The Hall–Kier alpha value is -3.48. The summed E-state index contributed by atoms with van der Waals surface area (Å²) in [6.07, 6.45) is 2.60. The maximum Gasteiger partial charge on any atom is 0.331 e. The zero-order chi connectivity index (χ0) is 18.5. The van der Waals surface area contributed by atoms with Gasteiger partial charge in [0.2, 0.25) is 5.91 Å². The molecule has 1 aliphatic rings. The van der Waals surface area contributed by atoms with Crippen LogP contribution in [0.15, 0.2) is 54.6 Å². The number of halogens is 1. The van der Waals surface area contributed by atoms with Crippen molar-refractivity contribution in [1.29, 1.82) is 0 Å². The molecule has 0 bridgehead atoms. The Balaban J connectivity index is 1.59. The van der Waals surface area contributed by atoms with E-state index in [1.54, 1.807) is 24.3 Å². The first-order valence-corrected chi connectivity index (χ1v) is 7.82. The van der Waals surface area contributed by atoms with E-state index in [2.05, 4.69) is 5.32 Å². The van der Waals surface area contributed by atoms with Crippen molar-refractivity contribution in [3.8, 4) is 0 Å². The summed E-state index contributed by atoms with van der Waals surface area (Å²) in [5, 5.41) is 2.67. The predicted molar refractivity (Wildman–Crippen MR) is 93.8 cm³/mol. The highest BCUT2D eigenvalue weighted by molar-refractivity contribution is 6.10. The molecule has 0 unspecified atom stereocenters. The Labute approximate surface area is 148 Å². The molecular formula is C19H15FN2O4. The molecule has 0 radical (unpaired) electrons. The van der Waals surface area contributed by atoms with Gasteiger partial charge in [-0.2, -0.15) is 0 Å². The summed E-state index contributed by atoms with van der Waals surface area (Å²) in [4.78, 5) is 37.1. The highest BCUT2D eigenvalue weighted by atomic mass is 19.1. The molecule has 0 saturated carbocycles. The summed E-state index contributed by atoms with van der Waals surface area (Å²) in [5.41, 5.74) is 1.70. The number of anilines is 2. The van der Waals surface area contributed by atoms with E-state index in [4.69, 9.17) is 4.74 Å². The van der Waals surface area contributed by atoms with Gasteiger partial charge in [0.05, 0.1) is 11.4 Å². The monoisotopic (exact) mass is 354 g/mol. The lowest BCUT2D eigenvalue weighted by Gasteiger charge is -2.28. The molecule has 0 aliphatic carbocycles. The van der Waals surface area contributed by atoms with E-state index < -0.39 is 18.5 Å². The van der Waals surface area contributed by atoms with Crippen molar-refractivity contribution in [2.24, 2.45) is 0 Å². The van der Waals surface area contributed by atoms with Crippen LogP contribution in [-0.2, 0) is 19.1 Å². The highest BCUT2D eigenvalue weighted by Gasteiger charge is 2.26. The number of carbonyl (C=O) groups is 3. The second-order valence-electron chi connectivity index (χ2n) is 5.54. The summed E-state index contributed by atoms with van der Waals surface area (Å²) in [5.74, 6) is -1.91. The van der Waals surface area contributed by atoms with Gasteiger partial charge in [0.25, 0.3) is 5.91 Å². The number of fused-ring (bicyclic) bond motifs is 1. The Bertz CT molecular complexity index is 877. The Kier molecular flexibility index (Phi) is 5.07. The van der Waals surface area contributed by atoms with Crippen LogP contribution in [0.5, 0.6) is 0 Å². The van der Waals surface area contributed by atoms with E-state index in [0.29, 0.717) is 16.9 Å². The van der Waals surface area contributed by atoms with Crippen molar-refractivity contribution in [1.82, 2.24) is 0 Å². The number of ether oxygens (including phenoxy) is 1. The number of carbonyl (C=O) groups excluding carboxylic acids is 3. The van der Waals surface area contributed by atoms with Crippen molar-refractivity contribution < 1.29 is 23.5 Å². The number of esters is 1. The summed E-state index contributed by atoms with van der Waals surface area (Å²) in [6, 6.07) is 12.4. The standard InChI is InChI=1S/C19H15FN2O4/c20-14-8-5-13(6-9-14)7-10-19(25)26-12-18(24)22-11-17(23)21-15-3-1-2-4-16(15)22/h1-10H,11-12H2,(H,21,23)/b10-7+. The SMILES string of the molecule is O=C1CN(C(=O)COC(=O)/C=C/c2ccc(F)cc2)c2ccccc2N1. The van der Waals surface area contributed by atoms with Gasteiger partial charge in [0.15, 0.2) is 6.61 Å². The minimum absolute atomic E-state index is 0.140. The predicted octanol–water partition coefficient (Wildman–Crippen LogP) is 2.37. The average molecular weight is 354 g/mol. The fraction of sp³-hybridized carbons (Fsp3) is 0.105. The highest BCUT2D eigenvalue weighted by Crippen LogP contribution is 2.28. The van der Waals surface area contributed by atoms with Crippen LogP contribution < -0.4 is 10.2 Å². The zero-order valence-electron chi connectivity index (χ0n) is 13.6. The van der Waals surface area contributed by atoms with Crippen LogP contribution in [-0.4, -0.2) is 30.9 Å². The van der Waals surface area contributed by atoms with E-state index in [0.717, 1.165) is 6.08 Å².